The van der Waals surface area contributed by atoms with Crippen molar-refractivity contribution in [3.8, 4) is 0 Å². The minimum Gasteiger partial charge on any atom is -0.0911 e. The SMILES string of the molecule is C=c1cc(C)c2c3c1ccc1c(=C)cc(C)c(c13)C(N=[N+]=[N-])C2I. The molecular weight excluding hydrogens is 409 g/mol. The van der Waals surface area contributed by atoms with Gasteiger partial charge in [-0.1, -0.05) is 65.1 Å². The quantitative estimate of drug-likeness (QED) is 0.127. The van der Waals surface area contributed by atoms with Crippen molar-refractivity contribution in [2.75, 3.05) is 0 Å². The van der Waals surface area contributed by atoms with Crippen molar-refractivity contribution in [1.29, 1.82) is 0 Å². The highest BCUT2D eigenvalue weighted by Gasteiger charge is 2.33. The molecule has 4 heteroatoms. The number of rotatable bonds is 1. The fraction of sp³-hybridized carbons (Fsp3) is 0.200. The second-order valence-corrected chi connectivity index (χ2v) is 7.84. The average Bonchev–Trinajstić information content (AvgIpc) is 2.52. The van der Waals surface area contributed by atoms with E-state index in [0.717, 1.165) is 27.0 Å². The summed E-state index contributed by atoms with van der Waals surface area (Å²) in [7, 11) is 0. The van der Waals surface area contributed by atoms with Crippen LogP contribution in [0, 0.1) is 13.8 Å². The van der Waals surface area contributed by atoms with Crippen LogP contribution >= 0.6 is 22.6 Å². The lowest BCUT2D eigenvalue weighted by Gasteiger charge is -2.31. The highest BCUT2D eigenvalue weighted by molar-refractivity contribution is 14.1. The maximum atomic E-state index is 9.13. The number of benzene rings is 3. The fourth-order valence-electron chi connectivity index (χ4n) is 4.14. The molecular formula is C20H16IN3. The van der Waals surface area contributed by atoms with E-state index in [4.69, 9.17) is 5.53 Å². The van der Waals surface area contributed by atoms with Crippen LogP contribution in [0.25, 0.3) is 45.1 Å². The monoisotopic (exact) mass is 425 g/mol. The molecule has 0 aromatic heterocycles. The number of alkyl halides is 1. The maximum absolute atomic E-state index is 9.13. The summed E-state index contributed by atoms with van der Waals surface area (Å²) in [5, 5.41) is 11.0. The first kappa shape index (κ1) is 15.5. The summed E-state index contributed by atoms with van der Waals surface area (Å²) in [6.45, 7) is 12.7. The van der Waals surface area contributed by atoms with Gasteiger partial charge in [0.25, 0.3) is 0 Å². The molecule has 3 nitrogen and oxygen atoms in total. The predicted octanol–water partition coefficient (Wildman–Crippen LogP) is 5.27. The topological polar surface area (TPSA) is 48.8 Å². The molecule has 0 N–H and O–H groups in total. The van der Waals surface area contributed by atoms with E-state index < -0.39 is 0 Å². The van der Waals surface area contributed by atoms with Crippen molar-refractivity contribution < 1.29 is 0 Å². The minimum atomic E-state index is -0.203. The molecule has 0 spiro atoms. The third kappa shape index (κ3) is 1.87. The summed E-state index contributed by atoms with van der Waals surface area (Å²) in [4.78, 5) is 3.14. The molecule has 118 valence electrons. The molecule has 4 rings (SSSR count). The van der Waals surface area contributed by atoms with Gasteiger partial charge in [0.1, 0.15) is 0 Å². The molecule has 3 aromatic rings. The van der Waals surface area contributed by atoms with Gasteiger partial charge in [-0.25, -0.2) is 0 Å². The Morgan fingerprint density at radius 2 is 1.50 bits per heavy atom. The van der Waals surface area contributed by atoms with Crippen molar-refractivity contribution in [2.24, 2.45) is 5.11 Å². The highest BCUT2D eigenvalue weighted by atomic mass is 127. The Balaban J connectivity index is 2.43. The lowest BCUT2D eigenvalue weighted by molar-refractivity contribution is 0.715. The third-order valence-corrected chi connectivity index (χ3v) is 6.40. The molecule has 0 heterocycles. The van der Waals surface area contributed by atoms with Crippen LogP contribution < -0.4 is 10.4 Å². The van der Waals surface area contributed by atoms with Crippen molar-refractivity contribution in [3.05, 3.63) is 67.4 Å². The Morgan fingerprint density at radius 1 is 1.00 bits per heavy atom. The van der Waals surface area contributed by atoms with Crippen molar-refractivity contribution in [1.82, 2.24) is 0 Å². The van der Waals surface area contributed by atoms with Crippen molar-refractivity contribution in [3.63, 3.8) is 0 Å². The number of hydrogen-bond acceptors (Lipinski definition) is 1. The third-order valence-electron chi connectivity index (χ3n) is 5.09. The van der Waals surface area contributed by atoms with E-state index in [1.165, 1.54) is 27.3 Å². The van der Waals surface area contributed by atoms with Gasteiger partial charge >= 0.3 is 0 Å². The molecule has 3 aromatic carbocycles. The smallest absolute Gasteiger partial charge is 0.0792 e. The zero-order chi connectivity index (χ0) is 17.2. The second kappa shape index (κ2) is 5.23. The van der Waals surface area contributed by atoms with Crippen LogP contribution in [0.3, 0.4) is 0 Å². The molecule has 0 amide bonds. The first-order chi connectivity index (χ1) is 11.5. The zero-order valence-electron chi connectivity index (χ0n) is 13.6. The van der Waals surface area contributed by atoms with Crippen molar-refractivity contribution >= 4 is 57.3 Å². The Morgan fingerprint density at radius 3 is 2.04 bits per heavy atom. The Bertz CT molecular complexity index is 1190. The van der Waals surface area contributed by atoms with Gasteiger partial charge in [-0.2, -0.15) is 0 Å². The number of azide groups is 1. The van der Waals surface area contributed by atoms with E-state index in [1.807, 2.05) is 0 Å². The summed E-state index contributed by atoms with van der Waals surface area (Å²) in [5.74, 6) is 0. The Hall–Kier alpha value is -2.04. The van der Waals surface area contributed by atoms with Gasteiger partial charge in [0, 0.05) is 8.84 Å². The van der Waals surface area contributed by atoms with Crippen LogP contribution in [-0.2, 0) is 0 Å². The van der Waals surface area contributed by atoms with E-state index >= 15 is 0 Å². The van der Waals surface area contributed by atoms with Crippen molar-refractivity contribution in [2.45, 2.75) is 23.8 Å². The van der Waals surface area contributed by atoms with Gasteiger partial charge in [-0.05, 0) is 73.6 Å². The van der Waals surface area contributed by atoms with E-state index in [0.29, 0.717) is 0 Å². The Kier molecular flexibility index (Phi) is 3.37. The number of hydrogen-bond donors (Lipinski definition) is 0. The van der Waals surface area contributed by atoms with Gasteiger partial charge in [0.2, 0.25) is 0 Å². The zero-order valence-corrected chi connectivity index (χ0v) is 15.8. The molecule has 0 saturated heterocycles. The molecule has 0 fully saturated rings. The summed E-state index contributed by atoms with van der Waals surface area (Å²) >= 11 is 2.42. The first-order valence-electron chi connectivity index (χ1n) is 7.81. The fourth-order valence-corrected chi connectivity index (χ4v) is 5.44. The molecule has 0 radical (unpaired) electrons. The lowest BCUT2D eigenvalue weighted by Crippen LogP contribution is -2.18. The van der Waals surface area contributed by atoms with Gasteiger partial charge in [0.05, 0.1) is 6.04 Å². The van der Waals surface area contributed by atoms with Gasteiger partial charge in [-0.3, -0.25) is 0 Å². The normalized spacial score (nSPS) is 19.0. The van der Waals surface area contributed by atoms with Crippen LogP contribution in [0.2, 0.25) is 0 Å². The lowest BCUT2D eigenvalue weighted by atomic mass is 9.79. The maximum Gasteiger partial charge on any atom is 0.0792 e. The van der Waals surface area contributed by atoms with Crippen LogP contribution in [0.1, 0.15) is 32.2 Å². The summed E-state index contributed by atoms with van der Waals surface area (Å²) in [6, 6.07) is 8.30. The predicted molar refractivity (Wildman–Crippen MR) is 110 cm³/mol. The number of halogens is 1. The van der Waals surface area contributed by atoms with Gasteiger partial charge in [0.15, 0.2) is 0 Å². The molecule has 1 aliphatic rings. The van der Waals surface area contributed by atoms with Gasteiger partial charge in [-0.15, -0.1) is 0 Å². The molecule has 2 atom stereocenters. The summed E-state index contributed by atoms with van der Waals surface area (Å²) in [6.07, 6.45) is 0. The molecule has 1 aliphatic carbocycles. The van der Waals surface area contributed by atoms with E-state index in [-0.39, 0.29) is 9.97 Å². The summed E-state index contributed by atoms with van der Waals surface area (Å²) in [5.41, 5.74) is 13.9. The number of nitrogens with zero attached hydrogens (tertiary/aromatic N) is 3. The first-order valence-corrected chi connectivity index (χ1v) is 9.06. The molecule has 0 saturated carbocycles. The molecule has 2 unspecified atom stereocenters. The average molecular weight is 425 g/mol. The standard InChI is InChI=1S/C20H16IN3/c1-9-7-11(3)15-17-13(9)5-6-14-10(2)8-12(4)16(18(14)17)20(19(15)21)23-24-22/h5-8,19-20H,1-2H2,3-4H3. The van der Waals surface area contributed by atoms with Crippen LogP contribution in [-0.4, -0.2) is 0 Å². The van der Waals surface area contributed by atoms with Gasteiger partial charge < -0.3 is 0 Å². The molecule has 0 aliphatic heterocycles. The van der Waals surface area contributed by atoms with E-state index in [1.54, 1.807) is 0 Å². The largest absolute Gasteiger partial charge is 0.0911 e. The second-order valence-electron chi connectivity index (χ2n) is 6.49. The minimum absolute atomic E-state index is 0.106. The van der Waals surface area contributed by atoms with E-state index in [9.17, 15) is 0 Å². The Labute approximate surface area is 153 Å². The highest BCUT2D eigenvalue weighted by Crippen LogP contribution is 2.51. The molecule has 24 heavy (non-hydrogen) atoms. The summed E-state index contributed by atoms with van der Waals surface area (Å²) < 4.78 is 0.106. The number of aryl methyl sites for hydroxylation is 2. The van der Waals surface area contributed by atoms with E-state index in [2.05, 4.69) is 83.9 Å². The molecule has 0 bridgehead atoms. The van der Waals surface area contributed by atoms with Crippen LogP contribution in [0.5, 0.6) is 0 Å². The van der Waals surface area contributed by atoms with Crippen LogP contribution in [0.4, 0.5) is 0 Å². The van der Waals surface area contributed by atoms with Crippen LogP contribution in [0.15, 0.2) is 29.4 Å².